The molecule has 0 saturated carbocycles. The molecule has 0 aromatic carbocycles. The minimum Gasteiger partial charge on any atom is -0.369 e. The quantitative estimate of drug-likeness (QED) is 0.707. The maximum atomic E-state index is 4.50. The molecule has 0 atom stereocenters. The average molecular weight is 369 g/mol. The van der Waals surface area contributed by atoms with Crippen LogP contribution in [0.3, 0.4) is 0 Å². The SMILES string of the molecule is CNc1nc(NCCc2ccc(Br)s2)c2ccsc2n1. The Bertz CT molecular complexity index is 722. The highest BCUT2D eigenvalue weighted by Crippen LogP contribution is 2.27. The summed E-state index contributed by atoms with van der Waals surface area (Å²) in [5, 5.41) is 9.54. The van der Waals surface area contributed by atoms with Crippen LogP contribution in [-0.2, 0) is 6.42 Å². The monoisotopic (exact) mass is 368 g/mol. The van der Waals surface area contributed by atoms with Gasteiger partial charge in [0.1, 0.15) is 10.6 Å². The van der Waals surface area contributed by atoms with Gasteiger partial charge in [0.15, 0.2) is 0 Å². The molecule has 104 valence electrons. The number of nitrogens with zero attached hydrogens (tertiary/aromatic N) is 2. The zero-order chi connectivity index (χ0) is 13.9. The van der Waals surface area contributed by atoms with Gasteiger partial charge in [-0.15, -0.1) is 22.7 Å². The van der Waals surface area contributed by atoms with Gasteiger partial charge in [0, 0.05) is 18.5 Å². The van der Waals surface area contributed by atoms with E-state index in [0.29, 0.717) is 5.95 Å². The van der Waals surface area contributed by atoms with E-state index in [1.54, 1.807) is 22.7 Å². The maximum Gasteiger partial charge on any atom is 0.225 e. The van der Waals surface area contributed by atoms with Crippen LogP contribution in [0.4, 0.5) is 11.8 Å². The van der Waals surface area contributed by atoms with E-state index < -0.39 is 0 Å². The predicted octanol–water partition coefficient (Wildman–Crippen LogP) is 4.21. The van der Waals surface area contributed by atoms with Crippen LogP contribution >= 0.6 is 38.6 Å². The normalized spacial score (nSPS) is 10.9. The van der Waals surface area contributed by atoms with Gasteiger partial charge in [-0.2, -0.15) is 4.98 Å². The van der Waals surface area contributed by atoms with Crippen molar-refractivity contribution in [3.05, 3.63) is 32.2 Å². The predicted molar refractivity (Wildman–Crippen MR) is 91.2 cm³/mol. The first-order valence-electron chi connectivity index (χ1n) is 6.17. The van der Waals surface area contributed by atoms with Crippen molar-refractivity contribution in [2.45, 2.75) is 6.42 Å². The molecule has 20 heavy (non-hydrogen) atoms. The standard InChI is InChI=1S/C13H13BrN4S2/c1-15-13-17-11(9-5-7-19-12(9)18-13)16-6-4-8-2-3-10(14)20-8/h2-3,5,7H,4,6H2,1H3,(H2,15,16,17,18). The zero-order valence-corrected chi connectivity index (χ0v) is 14.0. The number of halogens is 1. The Balaban J connectivity index is 1.74. The highest BCUT2D eigenvalue weighted by Gasteiger charge is 2.08. The Hall–Kier alpha value is -1.18. The van der Waals surface area contributed by atoms with Gasteiger partial charge < -0.3 is 10.6 Å². The molecular formula is C13H13BrN4S2. The van der Waals surface area contributed by atoms with E-state index in [0.717, 1.165) is 29.0 Å². The van der Waals surface area contributed by atoms with Crippen LogP contribution < -0.4 is 10.6 Å². The molecule has 0 fully saturated rings. The van der Waals surface area contributed by atoms with Crippen molar-refractivity contribution in [1.82, 2.24) is 9.97 Å². The minimum atomic E-state index is 0.654. The largest absolute Gasteiger partial charge is 0.369 e. The molecule has 3 aromatic rings. The topological polar surface area (TPSA) is 49.8 Å². The highest BCUT2D eigenvalue weighted by atomic mass is 79.9. The lowest BCUT2D eigenvalue weighted by molar-refractivity contribution is 1.03. The van der Waals surface area contributed by atoms with Gasteiger partial charge in [0.2, 0.25) is 5.95 Å². The number of thiophene rings is 2. The molecular weight excluding hydrogens is 356 g/mol. The van der Waals surface area contributed by atoms with E-state index in [9.17, 15) is 0 Å². The molecule has 2 N–H and O–H groups in total. The van der Waals surface area contributed by atoms with Gasteiger partial charge in [-0.25, -0.2) is 4.98 Å². The van der Waals surface area contributed by atoms with Crippen molar-refractivity contribution in [3.8, 4) is 0 Å². The second-order valence-electron chi connectivity index (χ2n) is 4.17. The Morgan fingerprint density at radius 1 is 1.25 bits per heavy atom. The number of hydrogen-bond acceptors (Lipinski definition) is 6. The fourth-order valence-electron chi connectivity index (χ4n) is 1.89. The van der Waals surface area contributed by atoms with E-state index in [2.05, 4.69) is 54.7 Å². The summed E-state index contributed by atoms with van der Waals surface area (Å²) in [5.41, 5.74) is 0. The van der Waals surface area contributed by atoms with Crippen molar-refractivity contribution in [2.75, 3.05) is 24.2 Å². The summed E-state index contributed by atoms with van der Waals surface area (Å²) in [6.45, 7) is 0.859. The molecule has 0 aliphatic carbocycles. The third-order valence-corrected chi connectivity index (χ3v) is 5.33. The van der Waals surface area contributed by atoms with Crippen molar-refractivity contribution >= 4 is 60.6 Å². The first-order valence-corrected chi connectivity index (χ1v) is 8.66. The van der Waals surface area contributed by atoms with Crippen molar-refractivity contribution in [3.63, 3.8) is 0 Å². The van der Waals surface area contributed by atoms with Crippen molar-refractivity contribution in [2.24, 2.45) is 0 Å². The second-order valence-corrected chi connectivity index (χ2v) is 7.61. The van der Waals surface area contributed by atoms with Crippen LogP contribution in [0.5, 0.6) is 0 Å². The van der Waals surface area contributed by atoms with Gasteiger partial charge in [-0.1, -0.05) is 0 Å². The average Bonchev–Trinajstić information content (AvgIpc) is 3.07. The first-order chi connectivity index (χ1) is 9.76. The second kappa shape index (κ2) is 6.07. The lowest BCUT2D eigenvalue weighted by Gasteiger charge is -2.08. The molecule has 3 aromatic heterocycles. The summed E-state index contributed by atoms with van der Waals surface area (Å²) >= 11 is 6.88. The number of rotatable bonds is 5. The summed E-state index contributed by atoms with van der Waals surface area (Å²) in [6, 6.07) is 6.29. The number of anilines is 2. The van der Waals surface area contributed by atoms with Crippen LogP contribution in [-0.4, -0.2) is 23.6 Å². The van der Waals surface area contributed by atoms with Crippen LogP contribution in [0.25, 0.3) is 10.2 Å². The fraction of sp³-hybridized carbons (Fsp3) is 0.231. The lowest BCUT2D eigenvalue weighted by Crippen LogP contribution is -2.07. The third-order valence-electron chi connectivity index (χ3n) is 2.84. The van der Waals surface area contributed by atoms with E-state index in [1.807, 2.05) is 12.4 Å². The Morgan fingerprint density at radius 2 is 2.15 bits per heavy atom. The van der Waals surface area contributed by atoms with E-state index in [-0.39, 0.29) is 0 Å². The van der Waals surface area contributed by atoms with E-state index in [1.165, 1.54) is 8.66 Å². The molecule has 0 unspecified atom stereocenters. The third kappa shape index (κ3) is 2.94. The Kier molecular flexibility index (Phi) is 4.18. The molecule has 0 amide bonds. The van der Waals surface area contributed by atoms with Crippen molar-refractivity contribution < 1.29 is 0 Å². The summed E-state index contributed by atoms with van der Waals surface area (Å²) in [5.74, 6) is 1.55. The summed E-state index contributed by atoms with van der Waals surface area (Å²) in [4.78, 5) is 11.3. The van der Waals surface area contributed by atoms with Gasteiger partial charge in [-0.05, 0) is 45.9 Å². The van der Waals surface area contributed by atoms with E-state index >= 15 is 0 Å². The maximum absolute atomic E-state index is 4.50. The number of nitrogens with one attached hydrogen (secondary N) is 2. The number of fused-ring (bicyclic) bond motifs is 1. The van der Waals surface area contributed by atoms with Crippen LogP contribution in [0, 0.1) is 0 Å². The Morgan fingerprint density at radius 3 is 2.90 bits per heavy atom. The summed E-state index contributed by atoms with van der Waals surface area (Å²) in [7, 11) is 1.84. The molecule has 7 heteroatoms. The molecule has 4 nitrogen and oxygen atoms in total. The molecule has 0 radical (unpaired) electrons. The Labute approximate surface area is 133 Å². The van der Waals surface area contributed by atoms with E-state index in [4.69, 9.17) is 0 Å². The molecule has 3 heterocycles. The van der Waals surface area contributed by atoms with Crippen LogP contribution in [0.2, 0.25) is 0 Å². The lowest BCUT2D eigenvalue weighted by atomic mass is 10.3. The minimum absolute atomic E-state index is 0.654. The number of hydrogen-bond donors (Lipinski definition) is 2. The van der Waals surface area contributed by atoms with Gasteiger partial charge in [0.25, 0.3) is 0 Å². The van der Waals surface area contributed by atoms with Gasteiger partial charge in [0.05, 0.1) is 9.17 Å². The first kappa shape index (κ1) is 13.8. The van der Waals surface area contributed by atoms with Crippen LogP contribution in [0.15, 0.2) is 27.4 Å². The van der Waals surface area contributed by atoms with Crippen molar-refractivity contribution in [1.29, 1.82) is 0 Å². The molecule has 0 saturated heterocycles. The number of aromatic nitrogens is 2. The molecule has 3 rings (SSSR count). The van der Waals surface area contributed by atoms with Crippen LogP contribution in [0.1, 0.15) is 4.88 Å². The molecule has 0 aliphatic rings. The smallest absolute Gasteiger partial charge is 0.225 e. The highest BCUT2D eigenvalue weighted by molar-refractivity contribution is 9.11. The van der Waals surface area contributed by atoms with Gasteiger partial charge >= 0.3 is 0 Å². The fourth-order valence-corrected chi connectivity index (χ4v) is 4.14. The summed E-state index contributed by atoms with van der Waals surface area (Å²) in [6.07, 6.45) is 0.987. The summed E-state index contributed by atoms with van der Waals surface area (Å²) < 4.78 is 1.17. The molecule has 0 spiro atoms. The van der Waals surface area contributed by atoms with Gasteiger partial charge in [-0.3, -0.25) is 0 Å². The molecule has 0 aliphatic heterocycles. The zero-order valence-electron chi connectivity index (χ0n) is 10.8. The molecule has 0 bridgehead atoms.